The third-order valence-corrected chi connectivity index (χ3v) is 4.06. The normalized spacial score (nSPS) is 17.4. The summed E-state index contributed by atoms with van der Waals surface area (Å²) in [5.41, 5.74) is 0.614. The van der Waals surface area contributed by atoms with E-state index in [2.05, 4.69) is 10.6 Å². The van der Waals surface area contributed by atoms with Crippen LogP contribution in [0.15, 0.2) is 18.2 Å². The van der Waals surface area contributed by atoms with Crippen LogP contribution in [0.25, 0.3) is 0 Å². The second-order valence-corrected chi connectivity index (χ2v) is 7.67. The molecule has 1 saturated heterocycles. The number of nitro benzene ring substituents is 1. The summed E-state index contributed by atoms with van der Waals surface area (Å²) in [7, 11) is 0. The van der Waals surface area contributed by atoms with Crippen molar-refractivity contribution in [3.63, 3.8) is 0 Å². The van der Waals surface area contributed by atoms with Crippen LogP contribution in [0.3, 0.4) is 0 Å². The maximum atomic E-state index is 12.3. The smallest absolute Gasteiger partial charge is 0.407 e. The Morgan fingerprint density at radius 1 is 1.37 bits per heavy atom. The van der Waals surface area contributed by atoms with Crippen LogP contribution in [-0.2, 0) is 9.53 Å². The number of aryl methyl sites for hydroxylation is 1. The number of amides is 2. The standard InChI is InChI=1S/C18H26N4O5/c1-12-9-14(22(25)26)5-6-15(12)20-16(23)11-21-8-7-13(10-21)19-17(24)27-18(2,3)4/h5-6,9,13H,7-8,10-11H2,1-4H3,(H,19,24)(H,20,23). The topological polar surface area (TPSA) is 114 Å². The van der Waals surface area contributed by atoms with E-state index >= 15 is 0 Å². The number of alkyl carbamates (subject to hydrolysis) is 1. The Balaban J connectivity index is 1.82. The molecular weight excluding hydrogens is 352 g/mol. The second kappa shape index (κ2) is 8.34. The number of hydrogen-bond acceptors (Lipinski definition) is 6. The first-order valence-corrected chi connectivity index (χ1v) is 8.80. The van der Waals surface area contributed by atoms with Crippen LogP contribution in [0.1, 0.15) is 32.8 Å². The fourth-order valence-electron chi connectivity index (χ4n) is 2.86. The van der Waals surface area contributed by atoms with E-state index in [1.54, 1.807) is 27.7 Å². The summed E-state index contributed by atoms with van der Waals surface area (Å²) in [5, 5.41) is 16.4. The summed E-state index contributed by atoms with van der Waals surface area (Å²) >= 11 is 0. The van der Waals surface area contributed by atoms with Gasteiger partial charge in [0, 0.05) is 37.0 Å². The van der Waals surface area contributed by atoms with Crippen molar-refractivity contribution < 1.29 is 19.2 Å². The van der Waals surface area contributed by atoms with Gasteiger partial charge in [-0.25, -0.2) is 4.79 Å². The molecule has 0 aromatic heterocycles. The number of hydrogen-bond donors (Lipinski definition) is 2. The summed E-state index contributed by atoms with van der Waals surface area (Å²) in [4.78, 5) is 36.3. The minimum absolute atomic E-state index is 0.0129. The molecule has 27 heavy (non-hydrogen) atoms. The molecule has 2 rings (SSSR count). The van der Waals surface area contributed by atoms with Gasteiger partial charge in [0.05, 0.1) is 11.5 Å². The third-order valence-electron chi connectivity index (χ3n) is 4.06. The molecule has 0 bridgehead atoms. The molecular formula is C18H26N4O5. The van der Waals surface area contributed by atoms with Crippen LogP contribution in [0.4, 0.5) is 16.2 Å². The van der Waals surface area contributed by atoms with E-state index in [0.29, 0.717) is 24.3 Å². The number of non-ortho nitro benzene ring substituents is 1. The van der Waals surface area contributed by atoms with Crippen molar-refractivity contribution in [2.45, 2.75) is 45.8 Å². The maximum Gasteiger partial charge on any atom is 0.407 e. The Bertz CT molecular complexity index is 729. The first kappa shape index (κ1) is 20.6. The molecule has 2 amide bonds. The Morgan fingerprint density at radius 2 is 2.07 bits per heavy atom. The summed E-state index contributed by atoms with van der Waals surface area (Å²) in [5.74, 6) is -0.204. The molecule has 1 aliphatic heterocycles. The highest BCUT2D eigenvalue weighted by atomic mass is 16.6. The molecule has 0 spiro atoms. The van der Waals surface area contributed by atoms with Gasteiger partial charge < -0.3 is 15.4 Å². The lowest BCUT2D eigenvalue weighted by Gasteiger charge is -2.22. The molecule has 9 heteroatoms. The van der Waals surface area contributed by atoms with Crippen LogP contribution in [-0.4, -0.2) is 53.1 Å². The minimum Gasteiger partial charge on any atom is -0.444 e. The molecule has 1 atom stereocenters. The number of ether oxygens (including phenoxy) is 1. The van der Waals surface area contributed by atoms with Crippen molar-refractivity contribution in [1.29, 1.82) is 0 Å². The number of nitro groups is 1. The summed E-state index contributed by atoms with van der Waals surface area (Å²) in [6, 6.07) is 4.25. The molecule has 2 N–H and O–H groups in total. The Labute approximate surface area is 158 Å². The number of carbonyl (C=O) groups is 2. The zero-order chi connectivity index (χ0) is 20.2. The molecule has 1 heterocycles. The van der Waals surface area contributed by atoms with Crippen molar-refractivity contribution in [2.75, 3.05) is 25.0 Å². The van der Waals surface area contributed by atoms with Gasteiger partial charge in [0.15, 0.2) is 0 Å². The van der Waals surface area contributed by atoms with Crippen LogP contribution in [0, 0.1) is 17.0 Å². The summed E-state index contributed by atoms with van der Waals surface area (Å²) in [6.07, 6.45) is 0.281. The van der Waals surface area contributed by atoms with E-state index in [0.717, 1.165) is 6.42 Å². The molecule has 9 nitrogen and oxygen atoms in total. The van der Waals surface area contributed by atoms with Gasteiger partial charge in [-0.05, 0) is 45.7 Å². The van der Waals surface area contributed by atoms with Crippen LogP contribution >= 0.6 is 0 Å². The summed E-state index contributed by atoms with van der Waals surface area (Å²) in [6.45, 7) is 8.55. The van der Waals surface area contributed by atoms with Gasteiger partial charge in [-0.2, -0.15) is 0 Å². The first-order valence-electron chi connectivity index (χ1n) is 8.80. The lowest BCUT2D eigenvalue weighted by Crippen LogP contribution is -2.41. The lowest BCUT2D eigenvalue weighted by atomic mass is 10.2. The fourth-order valence-corrected chi connectivity index (χ4v) is 2.86. The number of benzene rings is 1. The average molecular weight is 378 g/mol. The number of anilines is 1. The molecule has 1 aromatic carbocycles. The third kappa shape index (κ3) is 6.52. The number of carbonyl (C=O) groups excluding carboxylic acids is 2. The Hall–Kier alpha value is -2.68. The van der Waals surface area contributed by atoms with Gasteiger partial charge in [0.25, 0.3) is 5.69 Å². The van der Waals surface area contributed by atoms with Gasteiger partial charge in [-0.15, -0.1) is 0 Å². The molecule has 148 valence electrons. The fraction of sp³-hybridized carbons (Fsp3) is 0.556. The van der Waals surface area contributed by atoms with Crippen molar-refractivity contribution in [3.8, 4) is 0 Å². The van der Waals surface area contributed by atoms with Gasteiger partial charge in [0.1, 0.15) is 5.60 Å². The second-order valence-electron chi connectivity index (χ2n) is 7.67. The van der Waals surface area contributed by atoms with E-state index in [9.17, 15) is 19.7 Å². The van der Waals surface area contributed by atoms with Gasteiger partial charge >= 0.3 is 6.09 Å². The zero-order valence-corrected chi connectivity index (χ0v) is 16.1. The maximum absolute atomic E-state index is 12.3. The predicted molar refractivity (Wildman–Crippen MR) is 101 cm³/mol. The van der Waals surface area contributed by atoms with Crippen molar-refractivity contribution in [2.24, 2.45) is 0 Å². The summed E-state index contributed by atoms with van der Waals surface area (Å²) < 4.78 is 5.24. The van der Waals surface area contributed by atoms with Gasteiger partial charge in [0.2, 0.25) is 5.91 Å². The lowest BCUT2D eigenvalue weighted by molar-refractivity contribution is -0.384. The first-order chi connectivity index (χ1) is 12.5. The monoisotopic (exact) mass is 378 g/mol. The number of nitrogens with one attached hydrogen (secondary N) is 2. The number of rotatable bonds is 5. The average Bonchev–Trinajstić information content (AvgIpc) is 2.93. The van der Waals surface area contributed by atoms with Crippen molar-refractivity contribution in [3.05, 3.63) is 33.9 Å². The van der Waals surface area contributed by atoms with E-state index in [4.69, 9.17) is 4.74 Å². The molecule has 1 aromatic rings. The van der Waals surface area contributed by atoms with Crippen LogP contribution < -0.4 is 10.6 Å². The van der Waals surface area contributed by atoms with Crippen LogP contribution in [0.5, 0.6) is 0 Å². The minimum atomic E-state index is -0.551. The number of nitrogens with zero attached hydrogens (tertiary/aromatic N) is 2. The number of likely N-dealkylation sites (tertiary alicyclic amines) is 1. The molecule has 1 unspecified atom stereocenters. The van der Waals surface area contributed by atoms with Crippen molar-refractivity contribution >= 4 is 23.4 Å². The van der Waals surface area contributed by atoms with E-state index in [1.807, 2.05) is 4.90 Å². The molecule has 0 saturated carbocycles. The van der Waals surface area contributed by atoms with E-state index in [-0.39, 0.29) is 24.2 Å². The van der Waals surface area contributed by atoms with Crippen LogP contribution in [0.2, 0.25) is 0 Å². The quantitative estimate of drug-likeness (QED) is 0.601. The highest BCUT2D eigenvalue weighted by molar-refractivity contribution is 5.93. The van der Waals surface area contributed by atoms with Gasteiger partial charge in [-0.3, -0.25) is 19.8 Å². The SMILES string of the molecule is Cc1cc([N+](=O)[O-])ccc1NC(=O)CN1CCC(NC(=O)OC(C)(C)C)C1. The highest BCUT2D eigenvalue weighted by Gasteiger charge is 2.27. The Kier molecular flexibility index (Phi) is 6.37. The molecule has 0 aliphatic carbocycles. The largest absolute Gasteiger partial charge is 0.444 e. The van der Waals surface area contributed by atoms with E-state index in [1.165, 1.54) is 18.2 Å². The van der Waals surface area contributed by atoms with E-state index < -0.39 is 16.6 Å². The molecule has 1 fully saturated rings. The zero-order valence-electron chi connectivity index (χ0n) is 16.1. The van der Waals surface area contributed by atoms with Crippen molar-refractivity contribution in [1.82, 2.24) is 10.2 Å². The van der Waals surface area contributed by atoms with Gasteiger partial charge in [-0.1, -0.05) is 0 Å². The molecule has 0 radical (unpaired) electrons. The predicted octanol–water partition coefficient (Wildman–Crippen LogP) is 2.44. The Morgan fingerprint density at radius 3 is 2.67 bits per heavy atom. The highest BCUT2D eigenvalue weighted by Crippen LogP contribution is 2.21. The molecule has 1 aliphatic rings.